The summed E-state index contributed by atoms with van der Waals surface area (Å²) in [5, 5.41) is 13.7. The summed E-state index contributed by atoms with van der Waals surface area (Å²) >= 11 is 0. The van der Waals surface area contributed by atoms with E-state index in [0.29, 0.717) is 4.68 Å². The smallest absolute Gasteiger partial charge is 0.320 e. The number of nitrogens with zero attached hydrogens (tertiary/aromatic N) is 3. The van der Waals surface area contributed by atoms with Crippen LogP contribution in [0.2, 0.25) is 0 Å². The maximum absolute atomic E-state index is 11.9. The van der Waals surface area contributed by atoms with Crippen LogP contribution in [0.5, 0.6) is 0 Å². The zero-order chi connectivity index (χ0) is 11.6. The molecule has 0 unspecified atom stereocenters. The van der Waals surface area contributed by atoms with E-state index < -0.39 is 35.2 Å². The molecule has 82 valence electrons. The first kappa shape index (κ1) is 11.0. The molecule has 1 amide bonds. The minimum Gasteiger partial charge on any atom is -0.364 e. The number of rotatable bonds is 4. The number of carbonyl (C=O) groups excluding carboxylic acids is 1. The van der Waals surface area contributed by atoms with E-state index in [1.54, 1.807) is 0 Å². The summed E-state index contributed by atoms with van der Waals surface area (Å²) < 4.78 is 24.4. The van der Waals surface area contributed by atoms with E-state index in [1.165, 1.54) is 0 Å². The zero-order valence-corrected chi connectivity index (χ0v) is 7.26. The predicted octanol–water partition coefficient (Wildman–Crippen LogP) is 0.155. The summed E-state index contributed by atoms with van der Waals surface area (Å²) in [7, 11) is 0. The Balaban J connectivity index is 3.09. The number of nitrogens with two attached hydrogens (primary N) is 1. The fraction of sp³-hybridized carbons (Fsp3) is 0.333. The largest absolute Gasteiger partial charge is 0.364 e. The average molecular weight is 220 g/mol. The highest BCUT2D eigenvalue weighted by molar-refractivity contribution is 5.94. The molecule has 15 heavy (non-hydrogen) atoms. The number of halogens is 2. The summed E-state index contributed by atoms with van der Waals surface area (Å²) in [4.78, 5) is 20.2. The maximum Gasteiger partial charge on any atom is 0.320 e. The van der Waals surface area contributed by atoms with Crippen LogP contribution < -0.4 is 5.73 Å². The summed E-state index contributed by atoms with van der Waals surface area (Å²) in [6, 6.07) is 0. The predicted molar refractivity (Wildman–Crippen MR) is 43.4 cm³/mol. The number of nitro groups is 1. The lowest BCUT2D eigenvalue weighted by Gasteiger charge is -1.96. The number of hydrogen-bond donors (Lipinski definition) is 1. The van der Waals surface area contributed by atoms with E-state index >= 15 is 0 Å². The van der Waals surface area contributed by atoms with Gasteiger partial charge in [-0.25, -0.2) is 8.78 Å². The van der Waals surface area contributed by atoms with Gasteiger partial charge in [0.2, 0.25) is 5.69 Å². The summed E-state index contributed by atoms with van der Waals surface area (Å²) in [5.74, 6) is -1.13. The maximum atomic E-state index is 11.9. The summed E-state index contributed by atoms with van der Waals surface area (Å²) in [5.41, 5.74) is 3.49. The van der Waals surface area contributed by atoms with Crippen molar-refractivity contribution in [1.29, 1.82) is 0 Å². The Morgan fingerprint density at radius 2 is 2.33 bits per heavy atom. The summed E-state index contributed by atoms with van der Waals surface area (Å²) in [6.07, 6.45) is -1.98. The molecule has 1 heterocycles. The number of alkyl halides is 2. The van der Waals surface area contributed by atoms with Crippen LogP contribution in [-0.2, 0) is 6.54 Å². The van der Waals surface area contributed by atoms with Gasteiger partial charge in [0.15, 0.2) is 0 Å². The molecule has 7 nitrogen and oxygen atoms in total. The lowest BCUT2D eigenvalue weighted by atomic mass is 10.4. The van der Waals surface area contributed by atoms with Crippen molar-refractivity contribution < 1.29 is 18.5 Å². The molecule has 1 rings (SSSR count). The topological polar surface area (TPSA) is 104 Å². The van der Waals surface area contributed by atoms with Crippen LogP contribution in [-0.4, -0.2) is 27.0 Å². The Labute approximate surface area is 81.6 Å². The van der Waals surface area contributed by atoms with Crippen LogP contribution in [0.15, 0.2) is 6.20 Å². The molecular weight excluding hydrogens is 214 g/mol. The van der Waals surface area contributed by atoms with Gasteiger partial charge in [0, 0.05) is 0 Å². The number of aromatic nitrogens is 2. The first-order chi connectivity index (χ1) is 6.91. The molecule has 0 bridgehead atoms. The second kappa shape index (κ2) is 3.98. The van der Waals surface area contributed by atoms with E-state index in [4.69, 9.17) is 5.73 Å². The van der Waals surface area contributed by atoms with Crippen LogP contribution in [0.3, 0.4) is 0 Å². The van der Waals surface area contributed by atoms with Crippen LogP contribution in [0.1, 0.15) is 10.5 Å². The van der Waals surface area contributed by atoms with E-state index in [-0.39, 0.29) is 0 Å². The molecule has 0 aliphatic heterocycles. The van der Waals surface area contributed by atoms with Crippen molar-refractivity contribution in [3.63, 3.8) is 0 Å². The van der Waals surface area contributed by atoms with Crippen LogP contribution in [0.25, 0.3) is 0 Å². The molecular formula is C6H6F2N4O3. The quantitative estimate of drug-likeness (QED) is 0.576. The van der Waals surface area contributed by atoms with Gasteiger partial charge in [-0.3, -0.25) is 19.6 Å². The highest BCUT2D eigenvalue weighted by Crippen LogP contribution is 2.16. The number of amides is 1. The first-order valence-electron chi connectivity index (χ1n) is 3.71. The summed E-state index contributed by atoms with van der Waals surface area (Å²) in [6.45, 7) is -0.825. The van der Waals surface area contributed by atoms with Crippen molar-refractivity contribution in [2.45, 2.75) is 13.0 Å². The number of primary amides is 1. The SMILES string of the molecule is NC(=O)c1nn(CC(F)F)cc1[N+](=O)[O-]. The molecule has 1 aromatic heterocycles. The molecule has 0 spiro atoms. The molecule has 0 saturated carbocycles. The molecule has 0 aliphatic carbocycles. The Bertz CT molecular complexity index is 372. The third-order valence-electron chi connectivity index (χ3n) is 1.50. The third-order valence-corrected chi connectivity index (χ3v) is 1.50. The molecule has 0 saturated heterocycles. The molecule has 0 atom stereocenters. The van der Waals surface area contributed by atoms with Crippen LogP contribution in [0.4, 0.5) is 14.5 Å². The van der Waals surface area contributed by atoms with Gasteiger partial charge in [-0.2, -0.15) is 5.10 Å². The Morgan fingerprint density at radius 3 is 2.67 bits per heavy atom. The van der Waals surface area contributed by atoms with Gasteiger partial charge in [0.25, 0.3) is 12.3 Å². The minimum absolute atomic E-state index is 0.614. The van der Waals surface area contributed by atoms with Crippen LogP contribution in [0, 0.1) is 10.1 Å². The van der Waals surface area contributed by atoms with Gasteiger partial charge in [0.05, 0.1) is 4.92 Å². The lowest BCUT2D eigenvalue weighted by molar-refractivity contribution is -0.385. The fourth-order valence-corrected chi connectivity index (χ4v) is 0.955. The van der Waals surface area contributed by atoms with Crippen molar-refractivity contribution >= 4 is 11.6 Å². The normalized spacial score (nSPS) is 10.6. The second-order valence-electron chi connectivity index (χ2n) is 2.60. The van der Waals surface area contributed by atoms with Crippen LogP contribution >= 0.6 is 0 Å². The van der Waals surface area contributed by atoms with Gasteiger partial charge in [-0.15, -0.1) is 0 Å². The molecule has 0 aromatic carbocycles. The molecule has 1 aromatic rings. The molecule has 0 fully saturated rings. The monoisotopic (exact) mass is 220 g/mol. The highest BCUT2D eigenvalue weighted by atomic mass is 19.3. The molecule has 0 aliphatic rings. The Morgan fingerprint density at radius 1 is 1.73 bits per heavy atom. The van der Waals surface area contributed by atoms with Crippen molar-refractivity contribution in [2.75, 3.05) is 0 Å². The van der Waals surface area contributed by atoms with Gasteiger partial charge in [-0.1, -0.05) is 0 Å². The fourth-order valence-electron chi connectivity index (χ4n) is 0.955. The Hall–Kier alpha value is -2.06. The standard InChI is InChI=1S/C6H6F2N4O3/c7-4(8)2-11-1-3(12(14)15)5(10-11)6(9)13/h1,4H,2H2,(H2,9,13). The number of hydrogen-bond acceptors (Lipinski definition) is 4. The van der Waals surface area contributed by atoms with E-state index in [0.717, 1.165) is 6.20 Å². The molecule has 2 N–H and O–H groups in total. The van der Waals surface area contributed by atoms with Crippen molar-refractivity contribution in [1.82, 2.24) is 9.78 Å². The zero-order valence-electron chi connectivity index (χ0n) is 7.26. The molecule has 0 radical (unpaired) electrons. The highest BCUT2D eigenvalue weighted by Gasteiger charge is 2.24. The van der Waals surface area contributed by atoms with Crippen molar-refractivity contribution in [3.8, 4) is 0 Å². The third kappa shape index (κ3) is 2.45. The van der Waals surface area contributed by atoms with Crippen molar-refractivity contribution in [3.05, 3.63) is 22.0 Å². The second-order valence-corrected chi connectivity index (χ2v) is 2.60. The van der Waals surface area contributed by atoms with Gasteiger partial charge in [-0.05, 0) is 0 Å². The van der Waals surface area contributed by atoms with Crippen molar-refractivity contribution in [2.24, 2.45) is 5.73 Å². The van der Waals surface area contributed by atoms with Gasteiger partial charge < -0.3 is 5.73 Å². The average Bonchev–Trinajstić information content (AvgIpc) is 2.46. The van der Waals surface area contributed by atoms with Gasteiger partial charge in [0.1, 0.15) is 12.7 Å². The Kier molecular flexibility index (Phi) is 2.93. The minimum atomic E-state index is -2.72. The van der Waals surface area contributed by atoms with E-state index in [1.807, 2.05) is 0 Å². The van der Waals surface area contributed by atoms with E-state index in [2.05, 4.69) is 5.10 Å². The molecule has 9 heteroatoms. The number of carbonyl (C=O) groups is 1. The van der Waals surface area contributed by atoms with E-state index in [9.17, 15) is 23.7 Å². The first-order valence-corrected chi connectivity index (χ1v) is 3.71. The lowest BCUT2D eigenvalue weighted by Crippen LogP contribution is -2.15. The van der Waals surface area contributed by atoms with Gasteiger partial charge >= 0.3 is 5.69 Å².